The Morgan fingerprint density at radius 1 is 1.05 bits per heavy atom. The number of carbonyl (C=O) groups excluding carboxylic acids is 2. The zero-order valence-electron chi connectivity index (χ0n) is 25.4. The number of halogens is 2. The molecule has 11 nitrogen and oxygen atoms in total. The van der Waals surface area contributed by atoms with Crippen molar-refractivity contribution in [1.82, 2.24) is 31.1 Å². The second kappa shape index (κ2) is 14.0. The highest BCUT2D eigenvalue weighted by Crippen LogP contribution is 2.32. The van der Waals surface area contributed by atoms with Crippen LogP contribution in [0.3, 0.4) is 0 Å². The minimum Gasteiger partial charge on any atom is -0.378 e. The van der Waals surface area contributed by atoms with Crippen LogP contribution in [-0.2, 0) is 9.53 Å². The topological polar surface area (TPSA) is 150 Å². The van der Waals surface area contributed by atoms with Gasteiger partial charge in [-0.2, -0.15) is 0 Å². The number of nitrogens with zero attached hydrogens (tertiary/aromatic N) is 2. The Morgan fingerprint density at radius 2 is 1.80 bits per heavy atom. The van der Waals surface area contributed by atoms with Gasteiger partial charge in [0.05, 0.1) is 37.5 Å². The monoisotopic (exact) mass is 618 g/mol. The molecule has 4 saturated heterocycles. The number of hydrogen-bond acceptors (Lipinski definition) is 9. The lowest BCUT2D eigenvalue weighted by molar-refractivity contribution is -0.128. The van der Waals surface area contributed by atoms with Crippen LogP contribution >= 0.6 is 0 Å². The molecule has 5 fully saturated rings. The molecular weight excluding hydrogens is 570 g/mol. The minimum atomic E-state index is -1.05. The van der Waals surface area contributed by atoms with Crippen molar-refractivity contribution in [1.29, 1.82) is 0 Å². The van der Waals surface area contributed by atoms with Gasteiger partial charge in [0, 0.05) is 62.8 Å². The first kappa shape index (κ1) is 31.7. The predicted octanol–water partition coefficient (Wildman–Crippen LogP) is -0.180. The molecule has 5 aliphatic rings. The fourth-order valence-corrected chi connectivity index (χ4v) is 7.79. The number of alkyl halides is 1. The van der Waals surface area contributed by atoms with E-state index >= 15 is 4.39 Å². The summed E-state index contributed by atoms with van der Waals surface area (Å²) in [6, 6.07) is 4.38. The molecule has 0 bridgehead atoms. The number of nitrogens with one attached hydrogen (secondary N) is 4. The van der Waals surface area contributed by atoms with E-state index in [4.69, 9.17) is 16.2 Å². The second-order valence-corrected chi connectivity index (χ2v) is 13.2. The van der Waals surface area contributed by atoms with Crippen LogP contribution in [0.15, 0.2) is 18.2 Å². The second-order valence-electron chi connectivity index (χ2n) is 13.2. The number of piperidine rings is 1. The van der Waals surface area contributed by atoms with Gasteiger partial charge in [0.25, 0.3) is 5.91 Å². The molecule has 6 atom stereocenters. The Labute approximate surface area is 258 Å². The lowest BCUT2D eigenvalue weighted by atomic mass is 9.84. The first-order valence-corrected chi connectivity index (χ1v) is 16.4. The zero-order chi connectivity index (χ0) is 30.8. The third-order valence-corrected chi connectivity index (χ3v) is 10.5. The van der Waals surface area contributed by atoms with E-state index < -0.39 is 36.3 Å². The van der Waals surface area contributed by atoms with E-state index in [0.717, 1.165) is 52.0 Å². The highest BCUT2D eigenvalue weighted by atomic mass is 19.1. The summed E-state index contributed by atoms with van der Waals surface area (Å²) in [4.78, 5) is 31.0. The minimum absolute atomic E-state index is 0.129. The van der Waals surface area contributed by atoms with Crippen LogP contribution in [0.4, 0.5) is 8.78 Å². The smallest absolute Gasteiger partial charge is 0.254 e. The van der Waals surface area contributed by atoms with E-state index in [1.807, 2.05) is 0 Å². The van der Waals surface area contributed by atoms with E-state index in [-0.39, 0.29) is 36.2 Å². The van der Waals surface area contributed by atoms with Crippen molar-refractivity contribution in [3.05, 3.63) is 35.1 Å². The SMILES string of the molecule is NC(N)C(C(=O)NC1CNCCC1c1ccc(C(=O)N2CCN(C3COC3)CC2)cc1F)C1NCC(F)C(C2CCCC2)N1. The van der Waals surface area contributed by atoms with Crippen molar-refractivity contribution < 1.29 is 23.1 Å². The summed E-state index contributed by atoms with van der Waals surface area (Å²) in [5, 5.41) is 12.8. The molecule has 44 heavy (non-hydrogen) atoms. The van der Waals surface area contributed by atoms with E-state index in [1.54, 1.807) is 17.0 Å². The molecule has 244 valence electrons. The van der Waals surface area contributed by atoms with Crippen molar-refractivity contribution in [2.45, 2.75) is 74.7 Å². The van der Waals surface area contributed by atoms with Gasteiger partial charge in [0.2, 0.25) is 5.91 Å². The molecule has 1 aromatic carbocycles. The van der Waals surface area contributed by atoms with Crippen LogP contribution < -0.4 is 32.7 Å². The highest BCUT2D eigenvalue weighted by Gasteiger charge is 2.43. The molecule has 1 aliphatic carbocycles. The summed E-state index contributed by atoms with van der Waals surface area (Å²) >= 11 is 0. The molecule has 2 amide bonds. The predicted molar refractivity (Wildman–Crippen MR) is 162 cm³/mol. The van der Waals surface area contributed by atoms with Crippen LogP contribution in [0, 0.1) is 17.7 Å². The molecule has 1 aromatic rings. The van der Waals surface area contributed by atoms with Crippen molar-refractivity contribution in [3.8, 4) is 0 Å². The molecule has 1 saturated carbocycles. The van der Waals surface area contributed by atoms with Gasteiger partial charge in [-0.25, -0.2) is 8.78 Å². The van der Waals surface area contributed by atoms with Gasteiger partial charge in [-0.1, -0.05) is 18.9 Å². The number of benzene rings is 1. The largest absolute Gasteiger partial charge is 0.378 e. The molecule has 13 heteroatoms. The third kappa shape index (κ3) is 6.79. The lowest BCUT2D eigenvalue weighted by Crippen LogP contribution is -2.69. The lowest BCUT2D eigenvalue weighted by Gasteiger charge is -2.42. The van der Waals surface area contributed by atoms with Crippen LogP contribution in [0.25, 0.3) is 0 Å². The Balaban J connectivity index is 1.10. The number of rotatable bonds is 8. The number of ether oxygens (including phenoxy) is 1. The molecule has 8 N–H and O–H groups in total. The highest BCUT2D eigenvalue weighted by molar-refractivity contribution is 5.94. The molecule has 6 unspecified atom stereocenters. The maximum absolute atomic E-state index is 15.7. The summed E-state index contributed by atoms with van der Waals surface area (Å²) in [5.41, 5.74) is 13.1. The van der Waals surface area contributed by atoms with Crippen molar-refractivity contribution in [2.24, 2.45) is 23.3 Å². The Kier molecular flexibility index (Phi) is 10.1. The van der Waals surface area contributed by atoms with Gasteiger partial charge in [0.1, 0.15) is 12.0 Å². The molecule has 4 aliphatic heterocycles. The van der Waals surface area contributed by atoms with Crippen LogP contribution in [-0.4, -0.2) is 117 Å². The number of hydrogen-bond donors (Lipinski definition) is 6. The average molecular weight is 619 g/mol. The van der Waals surface area contributed by atoms with Gasteiger partial charge in [-0.3, -0.25) is 25.1 Å². The molecule has 4 heterocycles. The summed E-state index contributed by atoms with van der Waals surface area (Å²) in [7, 11) is 0. The van der Waals surface area contributed by atoms with Gasteiger partial charge in [-0.05, 0) is 49.4 Å². The van der Waals surface area contributed by atoms with E-state index in [2.05, 4.69) is 26.2 Å². The number of carbonyl (C=O) groups is 2. The van der Waals surface area contributed by atoms with Crippen molar-refractivity contribution >= 4 is 11.8 Å². The van der Waals surface area contributed by atoms with E-state index in [9.17, 15) is 14.0 Å². The Hall–Kier alpha value is -2.26. The van der Waals surface area contributed by atoms with Gasteiger partial charge >= 0.3 is 0 Å². The summed E-state index contributed by atoms with van der Waals surface area (Å²) in [6.45, 7) is 5.50. The molecule has 0 spiro atoms. The number of amides is 2. The van der Waals surface area contributed by atoms with Crippen LogP contribution in [0.2, 0.25) is 0 Å². The van der Waals surface area contributed by atoms with E-state index in [0.29, 0.717) is 49.8 Å². The average Bonchev–Trinajstić information content (AvgIpc) is 3.52. The third-order valence-electron chi connectivity index (χ3n) is 10.5. The standard InChI is InChI=1S/C31H48F2N8O3/c32-23-13-19(31(43)41-11-9-40(10-12-41)20-16-44-17-20)5-6-21(23)22-7-8-36-15-25(22)38-30(42)26(28(34)35)29-37-14-24(33)27(39-29)18-3-1-2-4-18/h5-6,13,18,20,22,24-29,36-37,39H,1-4,7-12,14-17,34-35H2,(H,38,42). The van der Waals surface area contributed by atoms with Crippen molar-refractivity contribution in [3.63, 3.8) is 0 Å². The van der Waals surface area contributed by atoms with Gasteiger partial charge in [0.15, 0.2) is 0 Å². The zero-order valence-corrected chi connectivity index (χ0v) is 25.4. The maximum atomic E-state index is 15.7. The Bertz CT molecular complexity index is 1160. The van der Waals surface area contributed by atoms with Gasteiger partial charge < -0.3 is 31.7 Å². The van der Waals surface area contributed by atoms with Crippen molar-refractivity contribution in [2.75, 3.05) is 59.0 Å². The molecule has 6 rings (SSSR count). The van der Waals surface area contributed by atoms with Gasteiger partial charge in [-0.15, -0.1) is 0 Å². The molecule has 0 radical (unpaired) electrons. The first-order valence-electron chi connectivity index (χ1n) is 16.4. The number of piperazine rings is 1. The quantitative estimate of drug-likeness (QED) is 0.218. The fourth-order valence-electron chi connectivity index (χ4n) is 7.79. The normalized spacial score (nSPS) is 31.6. The van der Waals surface area contributed by atoms with Crippen LogP contribution in [0.1, 0.15) is 53.9 Å². The van der Waals surface area contributed by atoms with E-state index in [1.165, 1.54) is 6.07 Å². The van der Waals surface area contributed by atoms with Crippen LogP contribution in [0.5, 0.6) is 0 Å². The fraction of sp³-hybridized carbons (Fsp3) is 0.742. The first-order chi connectivity index (χ1) is 21.3. The maximum Gasteiger partial charge on any atom is 0.254 e. The summed E-state index contributed by atoms with van der Waals surface area (Å²) < 4.78 is 35.8. The number of nitrogens with two attached hydrogens (primary N) is 2. The molecule has 0 aromatic heterocycles. The Morgan fingerprint density at radius 3 is 2.45 bits per heavy atom. The molecular formula is C31H48F2N8O3. The summed E-state index contributed by atoms with van der Waals surface area (Å²) in [5.74, 6) is -1.91. The summed E-state index contributed by atoms with van der Waals surface area (Å²) in [6.07, 6.45) is 2.10.